The number of nitrogens with one attached hydrogen (secondary N) is 2. The third-order valence-corrected chi connectivity index (χ3v) is 5.54. The van der Waals surface area contributed by atoms with Crippen LogP contribution in [-0.2, 0) is 6.42 Å². The summed E-state index contributed by atoms with van der Waals surface area (Å²) in [5.74, 6) is 0.106. The third-order valence-electron chi connectivity index (χ3n) is 5.54. The highest BCUT2D eigenvalue weighted by atomic mass is 16.5. The molecular formula is C22H29N2O3+. The molecule has 2 aromatic carbocycles. The van der Waals surface area contributed by atoms with Crippen molar-refractivity contribution >= 4 is 11.6 Å². The Balaban J connectivity index is 1.69. The summed E-state index contributed by atoms with van der Waals surface area (Å²) in [5.41, 5.74) is 2.47. The van der Waals surface area contributed by atoms with Gasteiger partial charge >= 0.3 is 0 Å². The summed E-state index contributed by atoms with van der Waals surface area (Å²) in [7, 11) is 3.76. The molecule has 144 valence electrons. The minimum atomic E-state index is -0.207. The highest BCUT2D eigenvalue weighted by molar-refractivity contribution is 6.05. The van der Waals surface area contributed by atoms with Crippen molar-refractivity contribution < 1.29 is 19.5 Å². The monoisotopic (exact) mass is 369 g/mol. The van der Waals surface area contributed by atoms with Crippen LogP contribution in [0, 0.1) is 0 Å². The SMILES string of the molecule is COc1cc(C(=O)Nc2ccccc2CC[C@H]2CCCC[NH+]2C)ccc1O. The second-order valence-electron chi connectivity index (χ2n) is 7.33. The van der Waals surface area contributed by atoms with Crippen molar-refractivity contribution in [2.24, 2.45) is 0 Å². The Morgan fingerprint density at radius 2 is 2.07 bits per heavy atom. The molecule has 2 aromatic rings. The Morgan fingerprint density at radius 3 is 2.85 bits per heavy atom. The number of phenols is 1. The van der Waals surface area contributed by atoms with Gasteiger partial charge in [-0.1, -0.05) is 18.2 Å². The number of rotatable bonds is 6. The van der Waals surface area contributed by atoms with Crippen molar-refractivity contribution in [2.75, 3.05) is 26.0 Å². The number of methoxy groups -OCH3 is 1. The van der Waals surface area contributed by atoms with Crippen molar-refractivity contribution in [3.05, 3.63) is 53.6 Å². The van der Waals surface area contributed by atoms with Gasteiger partial charge in [-0.05, 0) is 55.5 Å². The van der Waals surface area contributed by atoms with E-state index in [2.05, 4.69) is 18.4 Å². The number of quaternary nitrogens is 1. The minimum Gasteiger partial charge on any atom is -0.504 e. The van der Waals surface area contributed by atoms with E-state index in [0.717, 1.165) is 24.1 Å². The van der Waals surface area contributed by atoms with Crippen LogP contribution in [0.25, 0.3) is 0 Å². The van der Waals surface area contributed by atoms with Gasteiger partial charge in [-0.15, -0.1) is 0 Å². The molecule has 2 atom stereocenters. The van der Waals surface area contributed by atoms with Crippen LogP contribution in [0.15, 0.2) is 42.5 Å². The van der Waals surface area contributed by atoms with E-state index in [1.54, 1.807) is 17.0 Å². The molecule has 1 aliphatic rings. The molecule has 1 heterocycles. The van der Waals surface area contributed by atoms with Gasteiger partial charge in [0, 0.05) is 17.7 Å². The first-order chi connectivity index (χ1) is 13.1. The molecule has 0 saturated carbocycles. The molecular weight excluding hydrogens is 340 g/mol. The van der Waals surface area contributed by atoms with Gasteiger partial charge < -0.3 is 20.1 Å². The van der Waals surface area contributed by atoms with Crippen molar-refractivity contribution in [1.82, 2.24) is 0 Å². The molecule has 0 aliphatic carbocycles. The first kappa shape index (κ1) is 19.2. The molecule has 1 saturated heterocycles. The number of piperidine rings is 1. The van der Waals surface area contributed by atoms with E-state index in [1.165, 1.54) is 39.0 Å². The fourth-order valence-electron chi connectivity index (χ4n) is 3.84. The number of para-hydroxylation sites is 1. The lowest BCUT2D eigenvalue weighted by Crippen LogP contribution is -3.13. The molecule has 3 N–H and O–H groups in total. The molecule has 0 bridgehead atoms. The number of benzene rings is 2. The average molecular weight is 369 g/mol. The van der Waals surface area contributed by atoms with E-state index < -0.39 is 0 Å². The van der Waals surface area contributed by atoms with Crippen molar-refractivity contribution in [2.45, 2.75) is 38.1 Å². The smallest absolute Gasteiger partial charge is 0.255 e. The van der Waals surface area contributed by atoms with Crippen LogP contribution in [0.5, 0.6) is 11.5 Å². The molecule has 1 amide bonds. The van der Waals surface area contributed by atoms with Gasteiger partial charge in [0.2, 0.25) is 0 Å². The number of aryl methyl sites for hydroxylation is 1. The van der Waals surface area contributed by atoms with Crippen LogP contribution < -0.4 is 15.0 Å². The van der Waals surface area contributed by atoms with Crippen LogP contribution in [0.2, 0.25) is 0 Å². The summed E-state index contributed by atoms with van der Waals surface area (Å²) in [5, 5.41) is 12.7. The predicted octanol–water partition coefficient (Wildman–Crippen LogP) is 2.65. The number of phenolic OH excluding ortho intramolecular Hbond substituents is 1. The average Bonchev–Trinajstić information content (AvgIpc) is 2.68. The van der Waals surface area contributed by atoms with Crippen LogP contribution in [0.3, 0.4) is 0 Å². The number of amides is 1. The number of hydrogen-bond acceptors (Lipinski definition) is 3. The Morgan fingerprint density at radius 1 is 1.26 bits per heavy atom. The van der Waals surface area contributed by atoms with E-state index >= 15 is 0 Å². The van der Waals surface area contributed by atoms with Crippen LogP contribution in [-0.4, -0.2) is 37.8 Å². The second kappa shape index (κ2) is 8.91. The Bertz CT molecular complexity index is 791. The maximum atomic E-state index is 12.7. The zero-order chi connectivity index (χ0) is 19.2. The van der Waals surface area contributed by atoms with Gasteiger partial charge in [0.05, 0.1) is 26.7 Å². The first-order valence-electron chi connectivity index (χ1n) is 9.67. The van der Waals surface area contributed by atoms with Crippen LogP contribution in [0.4, 0.5) is 5.69 Å². The lowest BCUT2D eigenvalue weighted by atomic mass is 9.96. The first-order valence-corrected chi connectivity index (χ1v) is 9.67. The molecule has 1 aliphatic heterocycles. The van der Waals surface area contributed by atoms with Gasteiger partial charge in [0.1, 0.15) is 0 Å². The van der Waals surface area contributed by atoms with E-state index in [1.807, 2.05) is 18.2 Å². The Labute approximate surface area is 161 Å². The molecule has 0 aromatic heterocycles. The number of carbonyl (C=O) groups is 1. The number of likely N-dealkylation sites (tertiary alicyclic amines) is 1. The summed E-state index contributed by atoms with van der Waals surface area (Å²) < 4.78 is 5.09. The minimum absolute atomic E-state index is 0.0218. The quantitative estimate of drug-likeness (QED) is 0.734. The zero-order valence-electron chi connectivity index (χ0n) is 16.1. The maximum absolute atomic E-state index is 12.7. The fourth-order valence-corrected chi connectivity index (χ4v) is 3.84. The topological polar surface area (TPSA) is 63.0 Å². The second-order valence-corrected chi connectivity index (χ2v) is 7.33. The van der Waals surface area contributed by atoms with E-state index in [0.29, 0.717) is 17.4 Å². The summed E-state index contributed by atoms with van der Waals surface area (Å²) >= 11 is 0. The zero-order valence-corrected chi connectivity index (χ0v) is 16.1. The molecule has 1 unspecified atom stereocenters. The van der Waals surface area contributed by atoms with Gasteiger partial charge in [-0.2, -0.15) is 0 Å². The van der Waals surface area contributed by atoms with Gasteiger partial charge in [-0.25, -0.2) is 0 Å². The standard InChI is InChI=1S/C22H28N2O3/c1-24-14-6-5-8-18(24)12-10-16-7-3-4-9-19(16)23-22(26)17-11-13-20(25)21(15-17)27-2/h3-4,7,9,11,13,15,18,25H,5-6,8,10,12,14H2,1-2H3,(H,23,26)/p+1/t18-/m1/s1. The molecule has 0 radical (unpaired) electrons. The van der Waals surface area contributed by atoms with Crippen LogP contribution >= 0.6 is 0 Å². The fraction of sp³-hybridized carbons (Fsp3) is 0.409. The lowest BCUT2D eigenvalue weighted by molar-refractivity contribution is -0.911. The van der Waals surface area contributed by atoms with E-state index in [-0.39, 0.29) is 11.7 Å². The molecule has 27 heavy (non-hydrogen) atoms. The van der Waals surface area contributed by atoms with Crippen molar-refractivity contribution in [3.8, 4) is 11.5 Å². The van der Waals surface area contributed by atoms with E-state index in [4.69, 9.17) is 4.74 Å². The van der Waals surface area contributed by atoms with Gasteiger partial charge in [-0.3, -0.25) is 4.79 Å². The normalized spacial score (nSPS) is 19.5. The Hall–Kier alpha value is -2.53. The number of aromatic hydroxyl groups is 1. The highest BCUT2D eigenvalue weighted by Gasteiger charge is 2.22. The summed E-state index contributed by atoms with van der Waals surface area (Å²) in [6.07, 6.45) is 6.02. The van der Waals surface area contributed by atoms with Gasteiger partial charge in [0.25, 0.3) is 5.91 Å². The number of carbonyl (C=O) groups excluding carboxylic acids is 1. The largest absolute Gasteiger partial charge is 0.504 e. The number of anilines is 1. The van der Waals surface area contributed by atoms with Crippen molar-refractivity contribution in [1.29, 1.82) is 0 Å². The molecule has 1 fully saturated rings. The highest BCUT2D eigenvalue weighted by Crippen LogP contribution is 2.27. The third kappa shape index (κ3) is 4.80. The lowest BCUT2D eigenvalue weighted by Gasteiger charge is -2.29. The van der Waals surface area contributed by atoms with E-state index in [9.17, 15) is 9.90 Å². The summed E-state index contributed by atoms with van der Waals surface area (Å²) in [6, 6.07) is 13.3. The van der Waals surface area contributed by atoms with Crippen molar-refractivity contribution in [3.63, 3.8) is 0 Å². The number of ether oxygens (including phenoxy) is 1. The summed E-state index contributed by atoms with van der Waals surface area (Å²) in [4.78, 5) is 14.3. The maximum Gasteiger partial charge on any atom is 0.255 e. The van der Waals surface area contributed by atoms with Crippen LogP contribution in [0.1, 0.15) is 41.6 Å². The predicted molar refractivity (Wildman–Crippen MR) is 107 cm³/mol. The summed E-state index contributed by atoms with van der Waals surface area (Å²) in [6.45, 7) is 1.26. The van der Waals surface area contributed by atoms with Gasteiger partial charge in [0.15, 0.2) is 11.5 Å². The molecule has 5 nitrogen and oxygen atoms in total. The number of hydrogen-bond donors (Lipinski definition) is 3. The molecule has 0 spiro atoms. The molecule has 3 rings (SSSR count). The molecule has 5 heteroatoms. The Kier molecular flexibility index (Phi) is 6.35.